The normalized spacial score (nSPS) is 29.4. The van der Waals surface area contributed by atoms with E-state index in [0.29, 0.717) is 23.8 Å². The molecule has 2 aliphatic heterocycles. The Morgan fingerprint density at radius 3 is 2.62 bits per heavy atom. The maximum absolute atomic E-state index is 12.8. The van der Waals surface area contributed by atoms with E-state index < -0.39 is 9.84 Å². The molecule has 1 aromatic rings. The summed E-state index contributed by atoms with van der Waals surface area (Å²) in [7, 11) is -3.10. The third-order valence-electron chi connectivity index (χ3n) is 5.27. The number of piperazine rings is 1. The number of nitrogen functional groups attached to an aromatic ring is 1. The number of anilines is 1. The Morgan fingerprint density at radius 1 is 1.21 bits per heavy atom. The van der Waals surface area contributed by atoms with Gasteiger partial charge in [0.05, 0.1) is 23.1 Å². The van der Waals surface area contributed by atoms with Gasteiger partial charge >= 0.3 is 0 Å². The van der Waals surface area contributed by atoms with E-state index in [1.807, 2.05) is 0 Å². The fraction of sp³-hybridized carbons (Fsp3) is 0.625. The average molecular weight is 350 g/mol. The summed E-state index contributed by atoms with van der Waals surface area (Å²) in [5.41, 5.74) is 6.04. The third kappa shape index (κ3) is 3.00. The molecule has 8 heteroatoms. The van der Waals surface area contributed by atoms with Crippen molar-refractivity contribution < 1.29 is 13.2 Å². The maximum Gasteiger partial charge on any atom is 0.255 e. The molecule has 1 aliphatic carbocycles. The van der Waals surface area contributed by atoms with E-state index in [-0.39, 0.29) is 29.5 Å². The van der Waals surface area contributed by atoms with Crippen molar-refractivity contribution >= 4 is 21.6 Å². The Kier molecular flexibility index (Phi) is 3.76. The molecule has 2 saturated heterocycles. The van der Waals surface area contributed by atoms with E-state index in [4.69, 9.17) is 5.73 Å². The zero-order valence-electron chi connectivity index (χ0n) is 13.5. The van der Waals surface area contributed by atoms with Crippen LogP contribution in [-0.2, 0) is 9.84 Å². The second-order valence-electron chi connectivity index (χ2n) is 7.12. The topological polar surface area (TPSA) is 96.6 Å². The molecule has 1 aromatic heterocycles. The van der Waals surface area contributed by atoms with Crippen molar-refractivity contribution in [3.05, 3.63) is 23.9 Å². The molecule has 130 valence electrons. The minimum atomic E-state index is -3.10. The quantitative estimate of drug-likeness (QED) is 0.824. The zero-order valence-corrected chi connectivity index (χ0v) is 14.3. The van der Waals surface area contributed by atoms with Crippen molar-refractivity contribution in [2.45, 2.75) is 24.9 Å². The fourth-order valence-electron chi connectivity index (χ4n) is 3.83. The third-order valence-corrected chi connectivity index (χ3v) is 6.97. The van der Waals surface area contributed by atoms with Crippen molar-refractivity contribution in [3.63, 3.8) is 0 Å². The first kappa shape index (κ1) is 15.8. The van der Waals surface area contributed by atoms with Crippen LogP contribution in [-0.4, -0.2) is 72.3 Å². The van der Waals surface area contributed by atoms with Crippen LogP contribution in [0.2, 0.25) is 0 Å². The van der Waals surface area contributed by atoms with Gasteiger partial charge < -0.3 is 10.6 Å². The van der Waals surface area contributed by atoms with Crippen LogP contribution in [0, 0.1) is 5.92 Å². The number of pyridine rings is 1. The van der Waals surface area contributed by atoms with Gasteiger partial charge in [-0.05, 0) is 30.9 Å². The molecule has 3 heterocycles. The summed E-state index contributed by atoms with van der Waals surface area (Å²) < 4.78 is 24.4. The predicted octanol–water partition coefficient (Wildman–Crippen LogP) is -0.00280. The molecular formula is C16H22N4O3S. The van der Waals surface area contributed by atoms with Crippen LogP contribution >= 0.6 is 0 Å². The highest BCUT2D eigenvalue weighted by Crippen LogP contribution is 2.34. The van der Waals surface area contributed by atoms with Gasteiger partial charge in [0, 0.05) is 31.9 Å². The summed E-state index contributed by atoms with van der Waals surface area (Å²) in [5, 5.41) is 0. The second-order valence-corrected chi connectivity index (χ2v) is 9.27. The lowest BCUT2D eigenvalue weighted by Gasteiger charge is -2.44. The number of fused-ring (bicyclic) bond motifs is 1. The summed E-state index contributed by atoms with van der Waals surface area (Å²) in [6.07, 6.45) is 3.94. The van der Waals surface area contributed by atoms with Gasteiger partial charge in [0.25, 0.3) is 5.91 Å². The molecular weight excluding hydrogens is 328 g/mol. The molecule has 0 radical (unpaired) electrons. The van der Waals surface area contributed by atoms with E-state index in [0.717, 1.165) is 13.1 Å². The minimum Gasteiger partial charge on any atom is -0.384 e. The molecule has 4 rings (SSSR count). The van der Waals surface area contributed by atoms with E-state index in [1.54, 1.807) is 17.0 Å². The number of rotatable bonds is 3. The van der Waals surface area contributed by atoms with Crippen molar-refractivity contribution in [2.75, 3.05) is 36.9 Å². The number of hydrogen-bond acceptors (Lipinski definition) is 6. The standard InChI is InChI=1S/C16H22N4O3S/c17-15-4-3-12(7-18-15)16(21)20-6-5-19(8-11-1-2-11)13-9-24(22,23)10-14(13)20/h3-4,7,11,13-14H,1-2,5-6,8-10H2,(H2,17,18)/t13-,14+/m1/s1. The molecule has 3 aliphatic rings. The zero-order chi connectivity index (χ0) is 16.9. The Bertz CT molecular complexity index is 745. The summed E-state index contributed by atoms with van der Waals surface area (Å²) in [4.78, 5) is 20.8. The molecule has 0 bridgehead atoms. The van der Waals surface area contributed by atoms with Crippen molar-refractivity contribution in [3.8, 4) is 0 Å². The Hall–Kier alpha value is -1.67. The lowest BCUT2D eigenvalue weighted by atomic mass is 10.0. The lowest BCUT2D eigenvalue weighted by molar-refractivity contribution is 0.0318. The summed E-state index contributed by atoms with van der Waals surface area (Å²) in [6, 6.07) is 2.92. The minimum absolute atomic E-state index is 0.0625. The number of hydrogen-bond donors (Lipinski definition) is 1. The lowest BCUT2D eigenvalue weighted by Crippen LogP contribution is -2.60. The first-order chi connectivity index (χ1) is 11.4. The smallest absolute Gasteiger partial charge is 0.255 e. The molecule has 0 aromatic carbocycles. The number of carbonyl (C=O) groups is 1. The average Bonchev–Trinajstić information content (AvgIpc) is 3.28. The van der Waals surface area contributed by atoms with Crippen LogP contribution in [0.15, 0.2) is 18.3 Å². The molecule has 2 atom stereocenters. The molecule has 0 unspecified atom stereocenters. The van der Waals surface area contributed by atoms with E-state index >= 15 is 0 Å². The number of nitrogens with zero attached hydrogens (tertiary/aromatic N) is 3. The molecule has 2 N–H and O–H groups in total. The maximum atomic E-state index is 12.8. The highest BCUT2D eigenvalue weighted by Gasteiger charge is 2.48. The Morgan fingerprint density at radius 2 is 1.96 bits per heavy atom. The summed E-state index contributed by atoms with van der Waals surface area (Å²) >= 11 is 0. The van der Waals surface area contributed by atoms with Gasteiger partial charge in [-0.3, -0.25) is 9.69 Å². The van der Waals surface area contributed by atoms with Crippen LogP contribution in [0.3, 0.4) is 0 Å². The van der Waals surface area contributed by atoms with Crippen molar-refractivity contribution in [2.24, 2.45) is 5.92 Å². The van der Waals surface area contributed by atoms with Crippen LogP contribution in [0.1, 0.15) is 23.2 Å². The van der Waals surface area contributed by atoms with Gasteiger partial charge in [0.1, 0.15) is 5.82 Å². The fourth-order valence-corrected chi connectivity index (χ4v) is 5.85. The second kappa shape index (κ2) is 5.70. The number of amides is 1. The molecule has 0 spiro atoms. The SMILES string of the molecule is Nc1ccc(C(=O)N2CCN(CC3CC3)[C@@H]3CS(=O)(=O)C[C@@H]32)cn1. The molecule has 3 fully saturated rings. The molecule has 7 nitrogen and oxygen atoms in total. The molecule has 1 saturated carbocycles. The highest BCUT2D eigenvalue weighted by molar-refractivity contribution is 7.91. The van der Waals surface area contributed by atoms with Crippen LogP contribution in [0.25, 0.3) is 0 Å². The molecule has 24 heavy (non-hydrogen) atoms. The van der Waals surface area contributed by atoms with Gasteiger partial charge in [0.15, 0.2) is 9.84 Å². The number of aromatic nitrogens is 1. The van der Waals surface area contributed by atoms with Crippen LogP contribution < -0.4 is 5.73 Å². The Labute approximate surface area is 141 Å². The monoisotopic (exact) mass is 350 g/mol. The first-order valence-electron chi connectivity index (χ1n) is 8.40. The highest BCUT2D eigenvalue weighted by atomic mass is 32.2. The van der Waals surface area contributed by atoms with E-state index in [9.17, 15) is 13.2 Å². The summed E-state index contributed by atoms with van der Waals surface area (Å²) in [5.74, 6) is 1.14. The number of sulfone groups is 1. The van der Waals surface area contributed by atoms with Crippen molar-refractivity contribution in [1.29, 1.82) is 0 Å². The van der Waals surface area contributed by atoms with Gasteiger partial charge in [-0.1, -0.05) is 0 Å². The first-order valence-corrected chi connectivity index (χ1v) is 10.2. The predicted molar refractivity (Wildman–Crippen MR) is 90.2 cm³/mol. The van der Waals surface area contributed by atoms with Crippen LogP contribution in [0.4, 0.5) is 5.82 Å². The van der Waals surface area contributed by atoms with Gasteiger partial charge in [-0.15, -0.1) is 0 Å². The Balaban J connectivity index is 1.57. The van der Waals surface area contributed by atoms with Gasteiger partial charge in [0.2, 0.25) is 0 Å². The van der Waals surface area contributed by atoms with Crippen LogP contribution in [0.5, 0.6) is 0 Å². The van der Waals surface area contributed by atoms with Gasteiger partial charge in [-0.2, -0.15) is 0 Å². The van der Waals surface area contributed by atoms with E-state index in [2.05, 4.69) is 9.88 Å². The molecule has 1 amide bonds. The van der Waals surface area contributed by atoms with E-state index in [1.165, 1.54) is 19.0 Å². The van der Waals surface area contributed by atoms with Gasteiger partial charge in [-0.25, -0.2) is 13.4 Å². The number of nitrogens with two attached hydrogens (primary N) is 1. The number of carbonyl (C=O) groups excluding carboxylic acids is 1. The largest absolute Gasteiger partial charge is 0.384 e. The van der Waals surface area contributed by atoms with Crippen molar-refractivity contribution in [1.82, 2.24) is 14.8 Å². The summed E-state index contributed by atoms with van der Waals surface area (Å²) in [6.45, 7) is 2.26.